The van der Waals surface area contributed by atoms with Crippen molar-refractivity contribution in [3.63, 3.8) is 0 Å². The Balaban J connectivity index is 1.56. The molecule has 3 rings (SSSR count). The molecule has 1 fully saturated rings. The number of thiophene rings is 1. The fourth-order valence-corrected chi connectivity index (χ4v) is 3.84. The van der Waals surface area contributed by atoms with Gasteiger partial charge in [-0.05, 0) is 31.5 Å². The van der Waals surface area contributed by atoms with E-state index in [0.717, 1.165) is 32.7 Å². The van der Waals surface area contributed by atoms with E-state index in [-0.39, 0.29) is 11.7 Å². The first-order valence-corrected chi connectivity index (χ1v) is 9.02. The maximum absolute atomic E-state index is 12.6. The van der Waals surface area contributed by atoms with Gasteiger partial charge in [0, 0.05) is 32.7 Å². The highest BCUT2D eigenvalue weighted by molar-refractivity contribution is 7.15. The van der Waals surface area contributed by atoms with Gasteiger partial charge in [-0.1, -0.05) is 29.8 Å². The predicted octanol–water partition coefficient (Wildman–Crippen LogP) is 3.22. The summed E-state index contributed by atoms with van der Waals surface area (Å²) >= 11 is 1.29. The van der Waals surface area contributed by atoms with E-state index in [9.17, 15) is 9.59 Å². The van der Waals surface area contributed by atoms with Crippen LogP contribution in [0, 0.1) is 6.92 Å². The number of amides is 1. The first-order valence-electron chi connectivity index (χ1n) is 8.21. The molecule has 0 unspecified atom stereocenters. The lowest BCUT2D eigenvalue weighted by atomic mass is 10.1. The first-order chi connectivity index (χ1) is 11.5. The van der Waals surface area contributed by atoms with Gasteiger partial charge in [-0.2, -0.15) is 0 Å². The number of Topliss-reactive ketones (excluding diaryl/α,β-unsaturated/α-hetero) is 1. The molecule has 0 bridgehead atoms. The third-order valence-corrected chi connectivity index (χ3v) is 5.49. The second kappa shape index (κ2) is 7.28. The second-order valence-electron chi connectivity index (χ2n) is 6.28. The van der Waals surface area contributed by atoms with Crippen LogP contribution in [0.2, 0.25) is 0 Å². The van der Waals surface area contributed by atoms with Gasteiger partial charge in [0.2, 0.25) is 0 Å². The molecule has 4 nitrogen and oxygen atoms in total. The summed E-state index contributed by atoms with van der Waals surface area (Å²) in [6.45, 7) is 7.79. The molecule has 5 heteroatoms. The molecule has 24 heavy (non-hydrogen) atoms. The van der Waals surface area contributed by atoms with Crippen molar-refractivity contribution in [3.05, 3.63) is 57.3 Å². The van der Waals surface area contributed by atoms with Crippen molar-refractivity contribution < 1.29 is 9.59 Å². The van der Waals surface area contributed by atoms with Crippen molar-refractivity contribution in [1.29, 1.82) is 0 Å². The third kappa shape index (κ3) is 3.91. The molecule has 0 radical (unpaired) electrons. The zero-order valence-corrected chi connectivity index (χ0v) is 14.9. The normalized spacial score (nSPS) is 15.5. The molecular weight excluding hydrogens is 320 g/mol. The number of rotatable bonds is 4. The molecule has 2 aromatic rings. The van der Waals surface area contributed by atoms with Crippen LogP contribution in [0.1, 0.15) is 37.4 Å². The number of nitrogens with zero attached hydrogens (tertiary/aromatic N) is 2. The lowest BCUT2D eigenvalue weighted by molar-refractivity contribution is 0.0633. The Morgan fingerprint density at radius 1 is 1.04 bits per heavy atom. The average molecular weight is 342 g/mol. The lowest BCUT2D eigenvalue weighted by Crippen LogP contribution is -2.48. The molecule has 1 saturated heterocycles. The van der Waals surface area contributed by atoms with E-state index in [1.807, 2.05) is 4.90 Å². The first kappa shape index (κ1) is 16.9. The summed E-state index contributed by atoms with van der Waals surface area (Å²) in [4.78, 5) is 29.5. The largest absolute Gasteiger partial charge is 0.335 e. The number of ketones is 1. The minimum Gasteiger partial charge on any atom is -0.335 e. The van der Waals surface area contributed by atoms with Crippen molar-refractivity contribution in [1.82, 2.24) is 9.80 Å². The summed E-state index contributed by atoms with van der Waals surface area (Å²) in [7, 11) is 0. The monoisotopic (exact) mass is 342 g/mol. The van der Waals surface area contributed by atoms with Gasteiger partial charge in [-0.3, -0.25) is 14.5 Å². The Kier molecular flexibility index (Phi) is 5.11. The molecule has 2 heterocycles. The van der Waals surface area contributed by atoms with Gasteiger partial charge in [0.1, 0.15) is 0 Å². The smallest absolute Gasteiger partial charge is 0.264 e. The fourth-order valence-electron chi connectivity index (χ4n) is 2.98. The SMILES string of the molecule is CC(=O)c1ccc(C(=O)N2CCN(Cc3cccc(C)c3)CC2)s1. The zero-order chi connectivity index (χ0) is 17.1. The number of hydrogen-bond acceptors (Lipinski definition) is 4. The van der Waals surface area contributed by atoms with Gasteiger partial charge in [-0.15, -0.1) is 11.3 Å². The van der Waals surface area contributed by atoms with Crippen LogP contribution in [-0.2, 0) is 6.54 Å². The van der Waals surface area contributed by atoms with E-state index in [1.165, 1.54) is 29.4 Å². The van der Waals surface area contributed by atoms with Crippen molar-refractivity contribution in [2.45, 2.75) is 20.4 Å². The van der Waals surface area contributed by atoms with Gasteiger partial charge in [0.05, 0.1) is 9.75 Å². The van der Waals surface area contributed by atoms with Crippen LogP contribution < -0.4 is 0 Å². The molecule has 0 saturated carbocycles. The minimum atomic E-state index is 0.0158. The molecule has 1 aromatic carbocycles. The minimum absolute atomic E-state index is 0.0158. The van der Waals surface area contributed by atoms with Crippen LogP contribution >= 0.6 is 11.3 Å². The van der Waals surface area contributed by atoms with Gasteiger partial charge in [-0.25, -0.2) is 0 Å². The van der Waals surface area contributed by atoms with E-state index < -0.39 is 0 Å². The highest BCUT2D eigenvalue weighted by Crippen LogP contribution is 2.20. The standard InChI is InChI=1S/C19H22N2O2S/c1-14-4-3-5-16(12-14)13-20-8-10-21(11-9-20)19(23)18-7-6-17(24-18)15(2)22/h3-7,12H,8-11,13H2,1-2H3. The summed E-state index contributed by atoms with van der Waals surface area (Å²) in [5.41, 5.74) is 2.60. The molecule has 1 amide bonds. The molecule has 0 spiro atoms. The maximum Gasteiger partial charge on any atom is 0.264 e. The van der Waals surface area contributed by atoms with E-state index in [2.05, 4.69) is 36.1 Å². The fraction of sp³-hybridized carbons (Fsp3) is 0.368. The Hall–Kier alpha value is -1.98. The third-order valence-electron chi connectivity index (χ3n) is 4.31. The molecule has 0 N–H and O–H groups in total. The van der Waals surface area contributed by atoms with Crippen LogP contribution in [0.3, 0.4) is 0 Å². The molecule has 0 atom stereocenters. The van der Waals surface area contributed by atoms with E-state index in [4.69, 9.17) is 0 Å². The molecule has 1 aliphatic heterocycles. The highest BCUT2D eigenvalue weighted by Gasteiger charge is 2.23. The number of carbonyl (C=O) groups excluding carboxylic acids is 2. The molecular formula is C19H22N2O2S. The summed E-state index contributed by atoms with van der Waals surface area (Å²) in [5, 5.41) is 0. The Labute approximate surface area is 146 Å². The van der Waals surface area contributed by atoms with Crippen LogP contribution in [0.25, 0.3) is 0 Å². The van der Waals surface area contributed by atoms with Crippen molar-refractivity contribution in [3.8, 4) is 0 Å². The maximum atomic E-state index is 12.6. The Morgan fingerprint density at radius 3 is 2.38 bits per heavy atom. The van der Waals surface area contributed by atoms with Crippen molar-refractivity contribution >= 4 is 23.0 Å². The summed E-state index contributed by atoms with van der Waals surface area (Å²) < 4.78 is 0. The summed E-state index contributed by atoms with van der Waals surface area (Å²) in [5.74, 6) is 0.0599. The molecule has 0 aliphatic carbocycles. The quantitative estimate of drug-likeness (QED) is 0.801. The van der Waals surface area contributed by atoms with Crippen LogP contribution in [-0.4, -0.2) is 47.7 Å². The van der Waals surface area contributed by atoms with Gasteiger partial charge >= 0.3 is 0 Å². The number of piperazine rings is 1. The molecule has 126 valence electrons. The van der Waals surface area contributed by atoms with Gasteiger partial charge in [0.25, 0.3) is 5.91 Å². The molecule has 1 aromatic heterocycles. The topological polar surface area (TPSA) is 40.6 Å². The number of aryl methyl sites for hydroxylation is 1. The van der Waals surface area contributed by atoms with E-state index >= 15 is 0 Å². The average Bonchev–Trinajstić information content (AvgIpc) is 3.05. The Morgan fingerprint density at radius 2 is 1.75 bits per heavy atom. The number of carbonyl (C=O) groups is 2. The van der Waals surface area contributed by atoms with Crippen molar-refractivity contribution in [2.24, 2.45) is 0 Å². The van der Waals surface area contributed by atoms with Crippen LogP contribution in [0.4, 0.5) is 0 Å². The van der Waals surface area contributed by atoms with Gasteiger partial charge < -0.3 is 4.90 Å². The highest BCUT2D eigenvalue weighted by atomic mass is 32.1. The predicted molar refractivity (Wildman–Crippen MR) is 96.7 cm³/mol. The van der Waals surface area contributed by atoms with Crippen LogP contribution in [0.15, 0.2) is 36.4 Å². The molecule has 1 aliphatic rings. The van der Waals surface area contributed by atoms with Crippen LogP contribution in [0.5, 0.6) is 0 Å². The number of hydrogen-bond donors (Lipinski definition) is 0. The van der Waals surface area contributed by atoms with E-state index in [0.29, 0.717) is 9.75 Å². The van der Waals surface area contributed by atoms with Gasteiger partial charge in [0.15, 0.2) is 5.78 Å². The second-order valence-corrected chi connectivity index (χ2v) is 7.36. The summed E-state index contributed by atoms with van der Waals surface area (Å²) in [6.07, 6.45) is 0. The van der Waals surface area contributed by atoms with E-state index in [1.54, 1.807) is 12.1 Å². The Bertz CT molecular complexity index is 745. The van der Waals surface area contributed by atoms with Crippen molar-refractivity contribution in [2.75, 3.05) is 26.2 Å². The summed E-state index contributed by atoms with van der Waals surface area (Å²) in [6, 6.07) is 12.1. The zero-order valence-electron chi connectivity index (χ0n) is 14.1. The number of benzene rings is 1. The lowest BCUT2D eigenvalue weighted by Gasteiger charge is -2.34.